The quantitative estimate of drug-likeness (QED) is 0.708. The molecule has 7 nitrogen and oxygen atoms in total. The highest BCUT2D eigenvalue weighted by atomic mass is 16.5. The Bertz CT molecular complexity index is 819. The lowest BCUT2D eigenvalue weighted by Crippen LogP contribution is -2.23. The molecule has 1 aliphatic rings. The normalized spacial score (nSPS) is 17.7. The summed E-state index contributed by atoms with van der Waals surface area (Å²) in [6.07, 6.45) is 7.51. The molecule has 0 aromatic carbocycles. The van der Waals surface area contributed by atoms with E-state index in [1.807, 2.05) is 18.3 Å². The summed E-state index contributed by atoms with van der Waals surface area (Å²) in [6, 6.07) is 7.86. The lowest BCUT2D eigenvalue weighted by Gasteiger charge is -2.21. The van der Waals surface area contributed by atoms with E-state index >= 15 is 0 Å². The van der Waals surface area contributed by atoms with E-state index in [0.717, 1.165) is 31.5 Å². The van der Waals surface area contributed by atoms with Gasteiger partial charge in [-0.25, -0.2) is 4.98 Å². The van der Waals surface area contributed by atoms with E-state index in [-0.39, 0.29) is 6.04 Å². The summed E-state index contributed by atoms with van der Waals surface area (Å²) in [4.78, 5) is 15.3. The number of hydrogen-bond acceptors (Lipinski definition) is 7. The molecule has 0 amide bonds. The summed E-state index contributed by atoms with van der Waals surface area (Å²) in [6.45, 7) is 1.85. The summed E-state index contributed by atoms with van der Waals surface area (Å²) >= 11 is 0. The smallest absolute Gasteiger partial charge is 0.244 e. The first-order valence-electron chi connectivity index (χ1n) is 8.30. The van der Waals surface area contributed by atoms with Gasteiger partial charge in [0.25, 0.3) is 0 Å². The third kappa shape index (κ3) is 3.36. The fourth-order valence-corrected chi connectivity index (χ4v) is 3.14. The molecule has 3 aromatic heterocycles. The van der Waals surface area contributed by atoms with Gasteiger partial charge in [0.05, 0.1) is 13.2 Å². The third-order valence-corrected chi connectivity index (χ3v) is 4.40. The van der Waals surface area contributed by atoms with E-state index in [1.165, 1.54) is 5.56 Å². The summed E-state index contributed by atoms with van der Waals surface area (Å²) in [7, 11) is 1.59. The molecule has 128 valence electrons. The van der Waals surface area contributed by atoms with Crippen LogP contribution in [0.2, 0.25) is 0 Å². The molecule has 0 unspecified atom stereocenters. The molecule has 7 heteroatoms. The third-order valence-electron chi connectivity index (χ3n) is 4.40. The maximum Gasteiger partial charge on any atom is 0.244 e. The van der Waals surface area contributed by atoms with Crippen LogP contribution in [0.15, 0.2) is 47.4 Å². The fraction of sp³-hybridized carbons (Fsp3) is 0.333. The maximum atomic E-state index is 5.55. The molecule has 0 spiro atoms. The van der Waals surface area contributed by atoms with Crippen molar-refractivity contribution in [3.63, 3.8) is 0 Å². The minimum Gasteiger partial charge on any atom is -0.481 e. The highest BCUT2D eigenvalue weighted by molar-refractivity contribution is 5.53. The number of pyridine rings is 2. The van der Waals surface area contributed by atoms with Gasteiger partial charge in [0, 0.05) is 36.8 Å². The van der Waals surface area contributed by atoms with E-state index in [9.17, 15) is 0 Å². The molecule has 0 aliphatic carbocycles. The molecule has 4 heterocycles. The van der Waals surface area contributed by atoms with Crippen LogP contribution in [0.5, 0.6) is 5.88 Å². The average Bonchev–Trinajstić information content (AvgIpc) is 3.32. The fourth-order valence-electron chi connectivity index (χ4n) is 3.14. The number of rotatable bonds is 5. The van der Waals surface area contributed by atoms with Gasteiger partial charge in [-0.15, -0.1) is 0 Å². The number of aromatic nitrogens is 4. The molecule has 0 N–H and O–H groups in total. The molecule has 1 atom stereocenters. The Labute approximate surface area is 145 Å². The van der Waals surface area contributed by atoms with Crippen molar-refractivity contribution >= 4 is 0 Å². The summed E-state index contributed by atoms with van der Waals surface area (Å²) < 4.78 is 10.6. The van der Waals surface area contributed by atoms with E-state index in [1.54, 1.807) is 25.6 Å². The zero-order valence-corrected chi connectivity index (χ0v) is 14.0. The number of nitrogens with zero attached hydrogens (tertiary/aromatic N) is 5. The largest absolute Gasteiger partial charge is 0.481 e. The lowest BCUT2D eigenvalue weighted by molar-refractivity contribution is 0.201. The standard InChI is InChI=1S/C18H19N5O2/c1-24-16-7-6-14(11-20-16)17-21-18(25-22-17)15-5-3-9-23(15)12-13-4-2-8-19-10-13/h2,4,6-8,10-11,15H,3,5,9,12H2,1H3/t15-/m0/s1. The van der Waals surface area contributed by atoms with Gasteiger partial charge in [-0.2, -0.15) is 4.98 Å². The zero-order valence-electron chi connectivity index (χ0n) is 14.0. The molecule has 0 bridgehead atoms. The SMILES string of the molecule is COc1ccc(-c2noc([C@@H]3CCCN3Cc3cccnc3)n2)cn1. The molecule has 1 saturated heterocycles. The maximum absolute atomic E-state index is 5.55. The Morgan fingerprint density at radius 1 is 1.28 bits per heavy atom. The predicted octanol–water partition coefficient (Wildman–Crippen LogP) is 2.87. The van der Waals surface area contributed by atoms with Crippen molar-refractivity contribution < 1.29 is 9.26 Å². The molecule has 1 aliphatic heterocycles. The minimum atomic E-state index is 0.146. The van der Waals surface area contributed by atoms with Crippen LogP contribution in [0, 0.1) is 0 Å². The van der Waals surface area contributed by atoms with Crippen molar-refractivity contribution in [2.45, 2.75) is 25.4 Å². The van der Waals surface area contributed by atoms with Crippen molar-refractivity contribution in [3.8, 4) is 17.3 Å². The van der Waals surface area contributed by atoms with Crippen LogP contribution in [0.1, 0.15) is 30.3 Å². The van der Waals surface area contributed by atoms with Crippen LogP contribution >= 0.6 is 0 Å². The Balaban J connectivity index is 1.52. The Morgan fingerprint density at radius 3 is 3.00 bits per heavy atom. The van der Waals surface area contributed by atoms with Crippen LogP contribution < -0.4 is 4.74 Å². The van der Waals surface area contributed by atoms with Gasteiger partial charge in [-0.3, -0.25) is 9.88 Å². The van der Waals surface area contributed by atoms with Crippen LogP contribution in [0.4, 0.5) is 0 Å². The van der Waals surface area contributed by atoms with Gasteiger partial charge in [0.15, 0.2) is 0 Å². The molecule has 1 fully saturated rings. The lowest BCUT2D eigenvalue weighted by atomic mass is 10.2. The van der Waals surface area contributed by atoms with E-state index in [4.69, 9.17) is 9.26 Å². The van der Waals surface area contributed by atoms with Gasteiger partial charge in [-0.05, 0) is 37.1 Å². The molecular formula is C18H19N5O2. The highest BCUT2D eigenvalue weighted by Gasteiger charge is 2.30. The summed E-state index contributed by atoms with van der Waals surface area (Å²) in [5, 5.41) is 4.12. The minimum absolute atomic E-state index is 0.146. The molecule has 3 aromatic rings. The predicted molar refractivity (Wildman–Crippen MR) is 90.7 cm³/mol. The van der Waals surface area contributed by atoms with Crippen LogP contribution in [0.25, 0.3) is 11.4 Å². The Kier molecular flexibility index (Phi) is 4.39. The second-order valence-corrected chi connectivity index (χ2v) is 6.04. The van der Waals surface area contributed by atoms with Crippen molar-refractivity contribution in [1.29, 1.82) is 0 Å². The van der Waals surface area contributed by atoms with Gasteiger partial charge in [0.2, 0.25) is 17.6 Å². The second kappa shape index (κ2) is 6.98. The van der Waals surface area contributed by atoms with Crippen molar-refractivity contribution in [3.05, 3.63) is 54.3 Å². The first-order chi connectivity index (χ1) is 12.3. The molecular weight excluding hydrogens is 318 g/mol. The van der Waals surface area contributed by atoms with Crippen molar-refractivity contribution in [1.82, 2.24) is 25.0 Å². The monoisotopic (exact) mass is 337 g/mol. The van der Waals surface area contributed by atoms with Crippen LogP contribution in [-0.4, -0.2) is 38.7 Å². The molecule has 4 rings (SSSR count). The average molecular weight is 337 g/mol. The zero-order chi connectivity index (χ0) is 17.1. The first-order valence-corrected chi connectivity index (χ1v) is 8.30. The molecule has 0 radical (unpaired) electrons. The van der Waals surface area contributed by atoms with E-state index in [0.29, 0.717) is 17.6 Å². The first kappa shape index (κ1) is 15.7. The number of likely N-dealkylation sites (tertiary alicyclic amines) is 1. The Hall–Kier alpha value is -2.80. The number of ether oxygens (including phenoxy) is 1. The number of hydrogen-bond donors (Lipinski definition) is 0. The van der Waals surface area contributed by atoms with Crippen LogP contribution in [0.3, 0.4) is 0 Å². The van der Waals surface area contributed by atoms with Gasteiger partial charge >= 0.3 is 0 Å². The summed E-state index contributed by atoms with van der Waals surface area (Å²) in [5.41, 5.74) is 2.00. The van der Waals surface area contributed by atoms with Gasteiger partial charge in [0.1, 0.15) is 0 Å². The molecule has 0 saturated carbocycles. The summed E-state index contributed by atoms with van der Waals surface area (Å²) in [5.74, 6) is 1.77. The topological polar surface area (TPSA) is 77.2 Å². The van der Waals surface area contributed by atoms with Gasteiger partial charge in [-0.1, -0.05) is 11.2 Å². The van der Waals surface area contributed by atoms with E-state index in [2.05, 4.69) is 31.1 Å². The Morgan fingerprint density at radius 2 is 2.24 bits per heavy atom. The highest BCUT2D eigenvalue weighted by Crippen LogP contribution is 2.33. The van der Waals surface area contributed by atoms with E-state index < -0.39 is 0 Å². The van der Waals surface area contributed by atoms with Crippen molar-refractivity contribution in [2.24, 2.45) is 0 Å². The van der Waals surface area contributed by atoms with Gasteiger partial charge < -0.3 is 9.26 Å². The number of methoxy groups -OCH3 is 1. The molecule has 25 heavy (non-hydrogen) atoms. The second-order valence-electron chi connectivity index (χ2n) is 6.04. The van der Waals surface area contributed by atoms with Crippen molar-refractivity contribution in [2.75, 3.05) is 13.7 Å². The van der Waals surface area contributed by atoms with Crippen LogP contribution in [-0.2, 0) is 6.54 Å².